The number of carbonyl (C=O) groups is 1. The van der Waals surface area contributed by atoms with Crippen molar-refractivity contribution in [2.45, 2.75) is 24.8 Å². The average Bonchev–Trinajstić information content (AvgIpc) is 3.26. The second kappa shape index (κ2) is 7.86. The van der Waals surface area contributed by atoms with Gasteiger partial charge in [0.15, 0.2) is 0 Å². The molecule has 160 valence electrons. The van der Waals surface area contributed by atoms with E-state index in [1.54, 1.807) is 23.6 Å². The number of pyridine rings is 2. The highest BCUT2D eigenvalue weighted by atomic mass is 32.1. The fourth-order valence-electron chi connectivity index (χ4n) is 4.39. The minimum atomic E-state index is -1.23. The molecule has 1 saturated heterocycles. The first-order valence-electron chi connectivity index (χ1n) is 10.4. The molecule has 3 aromatic heterocycles. The number of thiazole rings is 1. The van der Waals surface area contributed by atoms with Crippen molar-refractivity contribution >= 4 is 33.0 Å². The standard InChI is InChI=1S/C24H20N4O3S/c25-15-24(23-26-18-5-1-2-7-20(18)32-23)8-11-27(12-9-24)14-16-13-17(22(30)31)21(29)28-10-4-3-6-19(16)28/h1-7,10,13H,8-9,11-12,14H2,(H,30,31). The van der Waals surface area contributed by atoms with E-state index in [2.05, 4.69) is 11.0 Å². The fraction of sp³-hybridized carbons (Fsp3) is 0.250. The Morgan fingerprint density at radius 1 is 1.19 bits per heavy atom. The maximum absolute atomic E-state index is 12.5. The van der Waals surface area contributed by atoms with Gasteiger partial charge in [-0.3, -0.25) is 14.1 Å². The molecule has 1 aliphatic heterocycles. The number of fused-ring (bicyclic) bond motifs is 2. The number of likely N-dealkylation sites (tertiary alicyclic amines) is 1. The molecule has 8 heteroatoms. The Labute approximate surface area is 187 Å². The van der Waals surface area contributed by atoms with Crippen LogP contribution >= 0.6 is 11.3 Å². The van der Waals surface area contributed by atoms with E-state index in [0.717, 1.165) is 20.8 Å². The molecule has 7 nitrogen and oxygen atoms in total. The third kappa shape index (κ3) is 3.36. The van der Waals surface area contributed by atoms with E-state index in [9.17, 15) is 20.0 Å². The first-order chi connectivity index (χ1) is 15.5. The maximum Gasteiger partial charge on any atom is 0.341 e. The van der Waals surface area contributed by atoms with E-state index in [1.807, 2.05) is 36.4 Å². The number of piperidine rings is 1. The number of hydrogen-bond donors (Lipinski definition) is 1. The van der Waals surface area contributed by atoms with Crippen LogP contribution in [0.25, 0.3) is 15.7 Å². The van der Waals surface area contributed by atoms with Gasteiger partial charge in [-0.15, -0.1) is 11.3 Å². The highest BCUT2D eigenvalue weighted by molar-refractivity contribution is 7.18. The number of aromatic nitrogens is 2. The van der Waals surface area contributed by atoms with E-state index in [-0.39, 0.29) is 5.56 Å². The molecule has 0 spiro atoms. The Morgan fingerprint density at radius 3 is 2.66 bits per heavy atom. The number of carboxylic acids is 1. The van der Waals surface area contributed by atoms with Crippen molar-refractivity contribution in [1.82, 2.24) is 14.3 Å². The molecule has 4 heterocycles. The van der Waals surface area contributed by atoms with Crippen molar-refractivity contribution < 1.29 is 9.90 Å². The van der Waals surface area contributed by atoms with E-state index < -0.39 is 16.9 Å². The predicted octanol–water partition coefficient (Wildman–Crippen LogP) is 3.66. The van der Waals surface area contributed by atoms with Crippen LogP contribution < -0.4 is 5.56 Å². The summed E-state index contributed by atoms with van der Waals surface area (Å²) in [5.41, 5.74) is 1.03. The molecular formula is C24H20N4O3S. The number of nitrogens with zero attached hydrogens (tertiary/aromatic N) is 4. The van der Waals surface area contributed by atoms with Crippen LogP contribution in [0.4, 0.5) is 0 Å². The topological polar surface area (TPSA) is 98.7 Å². The van der Waals surface area contributed by atoms with Crippen molar-refractivity contribution in [3.63, 3.8) is 0 Å². The van der Waals surface area contributed by atoms with Gasteiger partial charge in [0.05, 0.1) is 21.8 Å². The largest absolute Gasteiger partial charge is 0.477 e. The van der Waals surface area contributed by atoms with Gasteiger partial charge in [-0.25, -0.2) is 9.78 Å². The number of carboxylic acid groups (broad SMARTS) is 1. The van der Waals surface area contributed by atoms with Crippen LogP contribution in [0.2, 0.25) is 0 Å². The minimum Gasteiger partial charge on any atom is -0.477 e. The quantitative estimate of drug-likeness (QED) is 0.516. The summed E-state index contributed by atoms with van der Waals surface area (Å²) >= 11 is 1.59. The van der Waals surface area contributed by atoms with Gasteiger partial charge < -0.3 is 5.11 Å². The zero-order valence-corrected chi connectivity index (χ0v) is 18.0. The van der Waals surface area contributed by atoms with Crippen LogP contribution in [0, 0.1) is 11.3 Å². The monoisotopic (exact) mass is 444 g/mol. The van der Waals surface area contributed by atoms with Crippen LogP contribution in [0.15, 0.2) is 59.5 Å². The smallest absolute Gasteiger partial charge is 0.341 e. The zero-order valence-electron chi connectivity index (χ0n) is 17.2. The summed E-state index contributed by atoms with van der Waals surface area (Å²) in [6.45, 7) is 1.88. The first kappa shape index (κ1) is 20.4. The SMILES string of the molecule is N#CC1(c2nc3ccccc3s2)CCN(Cc2cc(C(=O)O)c(=O)n3ccccc23)CC1. The van der Waals surface area contributed by atoms with Gasteiger partial charge in [-0.1, -0.05) is 18.2 Å². The minimum absolute atomic E-state index is 0.235. The lowest BCUT2D eigenvalue weighted by Gasteiger charge is -2.36. The lowest BCUT2D eigenvalue weighted by atomic mass is 9.80. The van der Waals surface area contributed by atoms with Gasteiger partial charge in [0.2, 0.25) is 0 Å². The summed E-state index contributed by atoms with van der Waals surface area (Å²) in [6, 6.07) is 17.3. The van der Waals surface area contributed by atoms with E-state index in [0.29, 0.717) is 38.0 Å². The molecule has 0 aliphatic carbocycles. The van der Waals surface area contributed by atoms with Gasteiger partial charge in [0, 0.05) is 25.8 Å². The Balaban J connectivity index is 1.42. The van der Waals surface area contributed by atoms with E-state index >= 15 is 0 Å². The molecule has 0 unspecified atom stereocenters. The van der Waals surface area contributed by atoms with Crippen molar-refractivity contribution in [1.29, 1.82) is 5.26 Å². The van der Waals surface area contributed by atoms with Crippen LogP contribution in [0.5, 0.6) is 0 Å². The summed E-state index contributed by atoms with van der Waals surface area (Å²) in [7, 11) is 0. The number of para-hydroxylation sites is 1. The number of aromatic carboxylic acids is 1. The second-order valence-electron chi connectivity index (χ2n) is 8.11. The summed E-state index contributed by atoms with van der Waals surface area (Å²) in [6.07, 6.45) is 2.90. The van der Waals surface area contributed by atoms with Crippen molar-refractivity contribution in [3.05, 3.63) is 81.2 Å². The van der Waals surface area contributed by atoms with Gasteiger partial charge >= 0.3 is 5.97 Å². The molecule has 1 fully saturated rings. The molecule has 1 aromatic carbocycles. The van der Waals surface area contributed by atoms with Crippen molar-refractivity contribution in [2.24, 2.45) is 0 Å². The molecule has 0 radical (unpaired) electrons. The van der Waals surface area contributed by atoms with Gasteiger partial charge in [0.25, 0.3) is 5.56 Å². The first-order valence-corrected chi connectivity index (χ1v) is 11.2. The van der Waals surface area contributed by atoms with Gasteiger partial charge in [-0.05, 0) is 48.7 Å². The highest BCUT2D eigenvalue weighted by Gasteiger charge is 2.39. The Kier molecular flexibility index (Phi) is 5.00. The van der Waals surface area contributed by atoms with Crippen LogP contribution in [-0.2, 0) is 12.0 Å². The van der Waals surface area contributed by atoms with Crippen LogP contribution in [-0.4, -0.2) is 38.4 Å². The number of rotatable bonds is 4. The summed E-state index contributed by atoms with van der Waals surface area (Å²) in [5.74, 6) is -1.23. The third-order valence-electron chi connectivity index (χ3n) is 6.21. The summed E-state index contributed by atoms with van der Waals surface area (Å²) in [5, 5.41) is 20.4. The third-order valence-corrected chi connectivity index (χ3v) is 7.45. The summed E-state index contributed by atoms with van der Waals surface area (Å²) < 4.78 is 2.48. The molecule has 0 atom stereocenters. The number of benzene rings is 1. The highest BCUT2D eigenvalue weighted by Crippen LogP contribution is 2.39. The maximum atomic E-state index is 12.5. The second-order valence-corrected chi connectivity index (χ2v) is 9.14. The molecule has 32 heavy (non-hydrogen) atoms. The molecule has 0 saturated carbocycles. The lowest BCUT2D eigenvalue weighted by Crippen LogP contribution is -2.41. The lowest BCUT2D eigenvalue weighted by molar-refractivity contribution is 0.0694. The van der Waals surface area contributed by atoms with Crippen molar-refractivity contribution in [3.8, 4) is 6.07 Å². The Morgan fingerprint density at radius 2 is 1.94 bits per heavy atom. The number of hydrogen-bond acceptors (Lipinski definition) is 6. The van der Waals surface area contributed by atoms with E-state index in [4.69, 9.17) is 4.98 Å². The molecule has 0 amide bonds. The molecule has 5 rings (SSSR count). The number of nitriles is 1. The molecular weight excluding hydrogens is 424 g/mol. The van der Waals surface area contributed by atoms with Crippen LogP contribution in [0.3, 0.4) is 0 Å². The summed E-state index contributed by atoms with van der Waals surface area (Å²) in [4.78, 5) is 31.0. The predicted molar refractivity (Wildman–Crippen MR) is 122 cm³/mol. The molecule has 1 N–H and O–H groups in total. The molecule has 1 aliphatic rings. The molecule has 4 aromatic rings. The Bertz CT molecular complexity index is 1410. The van der Waals surface area contributed by atoms with Crippen molar-refractivity contribution in [2.75, 3.05) is 13.1 Å². The normalized spacial score (nSPS) is 16.2. The van der Waals surface area contributed by atoms with Gasteiger partial charge in [0.1, 0.15) is 16.0 Å². The Hall–Kier alpha value is -3.54. The average molecular weight is 445 g/mol. The van der Waals surface area contributed by atoms with Crippen LogP contribution in [0.1, 0.15) is 33.8 Å². The van der Waals surface area contributed by atoms with E-state index in [1.165, 1.54) is 10.5 Å². The molecule has 0 bridgehead atoms. The fourth-order valence-corrected chi connectivity index (χ4v) is 5.55. The van der Waals surface area contributed by atoms with Gasteiger partial charge in [-0.2, -0.15) is 5.26 Å². The zero-order chi connectivity index (χ0) is 22.3.